The Labute approximate surface area is 272 Å². The molecule has 0 N–H and O–H groups in total. The number of hydrogen-bond donors (Lipinski definition) is 0. The highest BCUT2D eigenvalue weighted by Crippen LogP contribution is 2.47. The first kappa shape index (κ1) is 27.0. The quantitative estimate of drug-likeness (QED) is 0.197. The molecule has 2 heterocycles. The van der Waals surface area contributed by atoms with E-state index in [2.05, 4.69) is 97.1 Å². The molecule has 0 aliphatic carbocycles. The van der Waals surface area contributed by atoms with Gasteiger partial charge in [0.1, 0.15) is 11.5 Å². The number of rotatable bonds is 5. The first-order valence-electron chi connectivity index (χ1n) is 15.7. The summed E-state index contributed by atoms with van der Waals surface area (Å²) in [6.07, 6.45) is 0. The van der Waals surface area contributed by atoms with Crippen LogP contribution in [0.15, 0.2) is 164 Å². The zero-order chi connectivity index (χ0) is 31.2. The third-order valence-electron chi connectivity index (χ3n) is 8.73. The van der Waals surface area contributed by atoms with Gasteiger partial charge in [0.2, 0.25) is 0 Å². The van der Waals surface area contributed by atoms with Crippen molar-refractivity contribution in [1.29, 1.82) is 0 Å². The molecule has 1 aromatic heterocycles. The molecule has 0 radical (unpaired) electrons. The Morgan fingerprint density at radius 1 is 0.319 bits per heavy atom. The molecule has 1 aliphatic rings. The molecule has 4 nitrogen and oxygen atoms in total. The van der Waals surface area contributed by atoms with Crippen LogP contribution in [0.1, 0.15) is 0 Å². The lowest BCUT2D eigenvalue weighted by molar-refractivity contribution is 0.487. The lowest BCUT2D eigenvalue weighted by Gasteiger charge is -2.22. The van der Waals surface area contributed by atoms with Gasteiger partial charge < -0.3 is 4.74 Å². The van der Waals surface area contributed by atoms with Crippen molar-refractivity contribution in [3.63, 3.8) is 0 Å². The fraction of sp³-hybridized carbons (Fsp3) is 0. The van der Waals surface area contributed by atoms with Crippen LogP contribution in [0.25, 0.3) is 78.3 Å². The van der Waals surface area contributed by atoms with E-state index in [9.17, 15) is 0 Å². The fourth-order valence-corrected chi connectivity index (χ4v) is 6.37. The molecule has 1 aliphatic heterocycles. The van der Waals surface area contributed by atoms with Crippen molar-refractivity contribution in [3.05, 3.63) is 164 Å². The third-order valence-corrected chi connectivity index (χ3v) is 8.73. The summed E-state index contributed by atoms with van der Waals surface area (Å²) in [7, 11) is 0. The van der Waals surface area contributed by atoms with Crippen molar-refractivity contribution >= 4 is 10.8 Å². The average Bonchev–Trinajstić information content (AvgIpc) is 3.15. The van der Waals surface area contributed by atoms with Crippen LogP contribution in [0.5, 0.6) is 11.5 Å². The molecule has 0 spiro atoms. The molecule has 0 amide bonds. The monoisotopic (exact) mass is 601 g/mol. The summed E-state index contributed by atoms with van der Waals surface area (Å²) < 4.78 is 6.42. The SMILES string of the molecule is c1ccc(-c2nc(-c3ccccc3)nc(-c3cccc(-c4ccc(-c5ccc6c(c5)Oc5cccc7cccc-6c57)cc4)c3)n2)cc1. The van der Waals surface area contributed by atoms with Crippen molar-refractivity contribution in [2.24, 2.45) is 0 Å². The number of ether oxygens (including phenoxy) is 1. The average molecular weight is 602 g/mol. The Morgan fingerprint density at radius 3 is 1.49 bits per heavy atom. The van der Waals surface area contributed by atoms with Crippen LogP contribution >= 0.6 is 0 Å². The van der Waals surface area contributed by atoms with Crippen molar-refractivity contribution in [1.82, 2.24) is 15.0 Å². The molecule has 0 atom stereocenters. The van der Waals surface area contributed by atoms with Gasteiger partial charge in [0, 0.05) is 27.6 Å². The van der Waals surface area contributed by atoms with Gasteiger partial charge in [-0.2, -0.15) is 0 Å². The molecule has 0 saturated heterocycles. The standard InChI is InChI=1S/C43H27N3O/c1-3-10-31(11-4-1)41-44-42(32-12-5-2-6-13-32)46-43(45-41)35-17-7-16-33(26-35)28-20-22-29(23-21-28)34-24-25-36-37-18-8-14-30-15-9-19-38(40(30)37)47-39(36)27-34/h1-27H. The minimum Gasteiger partial charge on any atom is -0.456 e. The molecule has 7 aromatic carbocycles. The molecule has 220 valence electrons. The summed E-state index contributed by atoms with van der Waals surface area (Å²) in [5, 5.41) is 2.37. The number of aromatic nitrogens is 3. The summed E-state index contributed by atoms with van der Waals surface area (Å²) in [4.78, 5) is 14.7. The smallest absolute Gasteiger partial charge is 0.164 e. The van der Waals surface area contributed by atoms with E-state index in [1.54, 1.807) is 0 Å². The van der Waals surface area contributed by atoms with Crippen molar-refractivity contribution < 1.29 is 4.74 Å². The van der Waals surface area contributed by atoms with E-state index >= 15 is 0 Å². The zero-order valence-corrected chi connectivity index (χ0v) is 25.3. The van der Waals surface area contributed by atoms with Crippen LogP contribution in [-0.4, -0.2) is 15.0 Å². The zero-order valence-electron chi connectivity index (χ0n) is 25.3. The minimum atomic E-state index is 0.641. The molecule has 0 saturated carbocycles. The first-order chi connectivity index (χ1) is 23.3. The Bertz CT molecular complexity index is 2360. The number of benzene rings is 7. The van der Waals surface area contributed by atoms with E-state index in [-0.39, 0.29) is 0 Å². The van der Waals surface area contributed by atoms with Crippen LogP contribution in [-0.2, 0) is 0 Å². The van der Waals surface area contributed by atoms with E-state index < -0.39 is 0 Å². The van der Waals surface area contributed by atoms with Crippen molar-refractivity contribution in [2.75, 3.05) is 0 Å². The van der Waals surface area contributed by atoms with Gasteiger partial charge in [-0.05, 0) is 57.5 Å². The highest BCUT2D eigenvalue weighted by Gasteiger charge is 2.20. The van der Waals surface area contributed by atoms with Crippen LogP contribution in [0.3, 0.4) is 0 Å². The maximum absolute atomic E-state index is 6.42. The normalized spacial score (nSPS) is 11.6. The summed E-state index contributed by atoms with van der Waals surface area (Å²) in [6.45, 7) is 0. The van der Waals surface area contributed by atoms with Gasteiger partial charge in [0.05, 0.1) is 0 Å². The largest absolute Gasteiger partial charge is 0.456 e. The van der Waals surface area contributed by atoms with Gasteiger partial charge in [-0.3, -0.25) is 0 Å². The van der Waals surface area contributed by atoms with E-state index in [0.29, 0.717) is 17.5 Å². The number of fused-ring (bicyclic) bond motifs is 2. The van der Waals surface area contributed by atoms with E-state index in [1.165, 1.54) is 16.3 Å². The summed E-state index contributed by atoms with van der Waals surface area (Å²) in [6, 6.07) is 56.4. The summed E-state index contributed by atoms with van der Waals surface area (Å²) in [5.74, 6) is 3.73. The van der Waals surface area contributed by atoms with E-state index in [1.807, 2.05) is 66.7 Å². The fourth-order valence-electron chi connectivity index (χ4n) is 6.37. The molecule has 9 rings (SSSR count). The van der Waals surface area contributed by atoms with Gasteiger partial charge in [-0.15, -0.1) is 0 Å². The number of nitrogens with zero attached hydrogens (tertiary/aromatic N) is 3. The molecule has 47 heavy (non-hydrogen) atoms. The first-order valence-corrected chi connectivity index (χ1v) is 15.7. The summed E-state index contributed by atoms with van der Waals surface area (Å²) >= 11 is 0. The van der Waals surface area contributed by atoms with Crippen LogP contribution in [0, 0.1) is 0 Å². The maximum Gasteiger partial charge on any atom is 0.164 e. The van der Waals surface area contributed by atoms with Crippen LogP contribution in [0.2, 0.25) is 0 Å². The van der Waals surface area contributed by atoms with Crippen molar-refractivity contribution in [2.45, 2.75) is 0 Å². The Kier molecular flexibility index (Phi) is 6.43. The molecule has 0 fully saturated rings. The Morgan fingerprint density at radius 2 is 0.830 bits per heavy atom. The van der Waals surface area contributed by atoms with Crippen molar-refractivity contribution in [3.8, 4) is 79.0 Å². The Balaban J connectivity index is 1.05. The highest BCUT2D eigenvalue weighted by molar-refractivity contribution is 6.04. The maximum atomic E-state index is 6.42. The van der Waals surface area contributed by atoms with Crippen LogP contribution < -0.4 is 4.74 Å². The highest BCUT2D eigenvalue weighted by atomic mass is 16.5. The third kappa shape index (κ3) is 4.93. The Hall–Kier alpha value is -6.39. The van der Waals surface area contributed by atoms with Gasteiger partial charge >= 0.3 is 0 Å². The topological polar surface area (TPSA) is 47.9 Å². The van der Waals surface area contributed by atoms with Gasteiger partial charge in [-0.1, -0.05) is 140 Å². The number of hydrogen-bond acceptors (Lipinski definition) is 4. The van der Waals surface area contributed by atoms with Crippen LogP contribution in [0.4, 0.5) is 0 Å². The van der Waals surface area contributed by atoms with Gasteiger partial charge in [0.25, 0.3) is 0 Å². The summed E-state index contributed by atoms with van der Waals surface area (Å²) in [5.41, 5.74) is 9.63. The molecule has 0 unspecified atom stereocenters. The van der Waals surface area contributed by atoms with E-state index in [4.69, 9.17) is 19.7 Å². The molecular formula is C43H27N3O. The predicted molar refractivity (Wildman–Crippen MR) is 190 cm³/mol. The van der Waals surface area contributed by atoms with Gasteiger partial charge in [-0.25, -0.2) is 15.0 Å². The lowest BCUT2D eigenvalue weighted by atomic mass is 9.92. The second-order valence-electron chi connectivity index (χ2n) is 11.7. The molecule has 0 bridgehead atoms. The molecule has 4 heteroatoms. The lowest BCUT2D eigenvalue weighted by Crippen LogP contribution is -2.00. The molecule has 8 aromatic rings. The molecular weight excluding hydrogens is 574 g/mol. The van der Waals surface area contributed by atoms with E-state index in [0.717, 1.165) is 56.0 Å². The second kappa shape index (κ2) is 11.2. The second-order valence-corrected chi connectivity index (χ2v) is 11.7. The van der Waals surface area contributed by atoms with Gasteiger partial charge in [0.15, 0.2) is 17.5 Å². The predicted octanol–water partition coefficient (Wildman–Crippen LogP) is 11.1. The minimum absolute atomic E-state index is 0.641.